The maximum Gasteiger partial charge on any atom is 0.0810 e. The highest BCUT2D eigenvalue weighted by atomic mass is 16.6. The van der Waals surface area contributed by atoms with Crippen molar-refractivity contribution in [3.63, 3.8) is 0 Å². The fourth-order valence-corrected chi connectivity index (χ4v) is 2.02. The Morgan fingerprint density at radius 2 is 1.27 bits per heavy atom. The molecule has 0 amide bonds. The Hall–Kier alpha value is -0.0400. The molecule has 0 N–H and O–H groups in total. The van der Waals surface area contributed by atoms with Gasteiger partial charge in [0.2, 0.25) is 0 Å². The molecular formula is C14H27O. The molecule has 1 radical (unpaired) electrons. The van der Waals surface area contributed by atoms with Gasteiger partial charge in [-0.2, -0.15) is 0 Å². The van der Waals surface area contributed by atoms with Crippen LogP contribution < -0.4 is 0 Å². The van der Waals surface area contributed by atoms with Gasteiger partial charge in [-0.25, -0.2) is 0 Å². The first-order valence-corrected chi connectivity index (χ1v) is 6.84. The monoisotopic (exact) mass is 211 g/mol. The fourth-order valence-electron chi connectivity index (χ4n) is 2.02. The highest BCUT2D eigenvalue weighted by molar-refractivity contribution is 4.68. The van der Waals surface area contributed by atoms with E-state index >= 15 is 0 Å². The van der Waals surface area contributed by atoms with Crippen molar-refractivity contribution in [2.45, 2.75) is 76.7 Å². The summed E-state index contributed by atoms with van der Waals surface area (Å²) in [7, 11) is 0. The zero-order valence-corrected chi connectivity index (χ0v) is 10.2. The van der Waals surface area contributed by atoms with Gasteiger partial charge in [0.25, 0.3) is 0 Å². The second-order valence-electron chi connectivity index (χ2n) is 4.78. The van der Waals surface area contributed by atoms with Gasteiger partial charge in [-0.3, -0.25) is 0 Å². The molecule has 0 bridgehead atoms. The van der Waals surface area contributed by atoms with Gasteiger partial charge < -0.3 is 4.74 Å². The lowest BCUT2D eigenvalue weighted by Gasteiger charge is -2.01. The SMILES string of the molecule is [CH2]CCCCCCCCCCCC1CO1. The number of ether oxygens (including phenoxy) is 1. The second kappa shape index (κ2) is 9.21. The first kappa shape index (κ1) is 13.0. The minimum absolute atomic E-state index is 0.646. The minimum Gasteiger partial charge on any atom is -0.373 e. The molecule has 15 heavy (non-hydrogen) atoms. The molecule has 89 valence electrons. The molecule has 1 fully saturated rings. The summed E-state index contributed by atoms with van der Waals surface area (Å²) in [5.74, 6) is 0. The normalized spacial score (nSPS) is 19.4. The number of rotatable bonds is 11. The summed E-state index contributed by atoms with van der Waals surface area (Å²) in [4.78, 5) is 0. The highest BCUT2D eigenvalue weighted by Crippen LogP contribution is 2.18. The lowest BCUT2D eigenvalue weighted by Crippen LogP contribution is -1.86. The molecule has 1 nitrogen and oxygen atoms in total. The molecule has 1 heteroatoms. The lowest BCUT2D eigenvalue weighted by molar-refractivity contribution is 0.387. The van der Waals surface area contributed by atoms with Crippen molar-refractivity contribution in [1.82, 2.24) is 0 Å². The van der Waals surface area contributed by atoms with Gasteiger partial charge >= 0.3 is 0 Å². The van der Waals surface area contributed by atoms with Crippen LogP contribution in [0.5, 0.6) is 0 Å². The molecule has 0 aromatic carbocycles. The number of hydrogen-bond acceptors (Lipinski definition) is 1. The third-order valence-corrected chi connectivity index (χ3v) is 3.18. The van der Waals surface area contributed by atoms with Crippen LogP contribution in [0.3, 0.4) is 0 Å². The van der Waals surface area contributed by atoms with E-state index in [0.717, 1.165) is 13.0 Å². The Morgan fingerprint density at radius 3 is 1.73 bits per heavy atom. The van der Waals surface area contributed by atoms with Gasteiger partial charge in [0.15, 0.2) is 0 Å². The summed E-state index contributed by atoms with van der Waals surface area (Å²) in [5.41, 5.74) is 0. The Bertz CT molecular complexity index is 129. The zero-order valence-electron chi connectivity index (χ0n) is 10.2. The van der Waals surface area contributed by atoms with E-state index in [1.54, 1.807) is 0 Å². The van der Waals surface area contributed by atoms with Gasteiger partial charge in [-0.15, -0.1) is 0 Å². The lowest BCUT2D eigenvalue weighted by atomic mass is 10.1. The predicted octanol–water partition coefficient (Wildman–Crippen LogP) is 4.51. The van der Waals surface area contributed by atoms with E-state index < -0.39 is 0 Å². The summed E-state index contributed by atoms with van der Waals surface area (Å²) in [5, 5.41) is 0. The van der Waals surface area contributed by atoms with Crippen LogP contribution in [0.25, 0.3) is 0 Å². The third kappa shape index (κ3) is 8.92. The molecule has 0 aromatic rings. The van der Waals surface area contributed by atoms with Crippen molar-refractivity contribution < 1.29 is 4.74 Å². The molecule has 1 atom stereocenters. The van der Waals surface area contributed by atoms with Gasteiger partial charge in [0.05, 0.1) is 12.7 Å². The quantitative estimate of drug-likeness (QED) is 0.362. The van der Waals surface area contributed by atoms with Crippen molar-refractivity contribution in [2.24, 2.45) is 0 Å². The van der Waals surface area contributed by atoms with E-state index in [-0.39, 0.29) is 0 Å². The van der Waals surface area contributed by atoms with Gasteiger partial charge in [-0.1, -0.05) is 71.1 Å². The average Bonchev–Trinajstić information content (AvgIpc) is 3.05. The van der Waals surface area contributed by atoms with Crippen LogP contribution in [0.15, 0.2) is 0 Å². The van der Waals surface area contributed by atoms with Crippen molar-refractivity contribution in [3.05, 3.63) is 6.92 Å². The van der Waals surface area contributed by atoms with Gasteiger partial charge in [0, 0.05) is 0 Å². The molecule has 0 aliphatic carbocycles. The second-order valence-corrected chi connectivity index (χ2v) is 4.78. The van der Waals surface area contributed by atoms with Crippen molar-refractivity contribution >= 4 is 0 Å². The molecule has 1 heterocycles. The zero-order chi connectivity index (χ0) is 10.8. The van der Waals surface area contributed by atoms with Crippen LogP contribution in [0.1, 0.15) is 70.6 Å². The summed E-state index contributed by atoms with van der Waals surface area (Å²) >= 11 is 0. The Labute approximate surface area is 95.6 Å². The molecule has 0 aromatic heterocycles. The average molecular weight is 211 g/mol. The highest BCUT2D eigenvalue weighted by Gasteiger charge is 2.20. The van der Waals surface area contributed by atoms with Crippen molar-refractivity contribution in [3.8, 4) is 0 Å². The van der Waals surface area contributed by atoms with Crippen LogP contribution in [0.4, 0.5) is 0 Å². The first-order chi connectivity index (χ1) is 7.43. The Morgan fingerprint density at radius 1 is 0.800 bits per heavy atom. The minimum atomic E-state index is 0.646. The number of hydrogen-bond donors (Lipinski definition) is 0. The molecule has 0 saturated carbocycles. The molecule has 0 spiro atoms. The summed E-state index contributed by atoms with van der Waals surface area (Å²) in [6.45, 7) is 4.90. The maximum absolute atomic E-state index is 5.19. The molecule has 1 aliphatic rings. The summed E-state index contributed by atoms with van der Waals surface area (Å²) in [6.07, 6.45) is 15.8. The van der Waals surface area contributed by atoms with E-state index in [1.165, 1.54) is 64.2 Å². The first-order valence-electron chi connectivity index (χ1n) is 6.84. The molecule has 1 unspecified atom stereocenters. The van der Waals surface area contributed by atoms with E-state index in [4.69, 9.17) is 4.74 Å². The van der Waals surface area contributed by atoms with Crippen LogP contribution in [0, 0.1) is 6.92 Å². The number of unbranched alkanes of at least 4 members (excludes halogenated alkanes) is 9. The number of epoxide rings is 1. The molecule has 1 aliphatic heterocycles. The molecule has 1 rings (SSSR count). The smallest absolute Gasteiger partial charge is 0.0810 e. The van der Waals surface area contributed by atoms with E-state index in [2.05, 4.69) is 6.92 Å². The van der Waals surface area contributed by atoms with E-state index in [1.807, 2.05) is 0 Å². The fraction of sp³-hybridized carbons (Fsp3) is 0.929. The van der Waals surface area contributed by atoms with Crippen molar-refractivity contribution in [2.75, 3.05) is 6.61 Å². The van der Waals surface area contributed by atoms with Gasteiger partial charge in [-0.05, 0) is 6.42 Å². The predicted molar refractivity (Wildman–Crippen MR) is 65.9 cm³/mol. The van der Waals surface area contributed by atoms with Crippen LogP contribution in [-0.4, -0.2) is 12.7 Å². The van der Waals surface area contributed by atoms with E-state index in [0.29, 0.717) is 6.10 Å². The largest absolute Gasteiger partial charge is 0.373 e. The van der Waals surface area contributed by atoms with Crippen molar-refractivity contribution in [1.29, 1.82) is 0 Å². The Balaban J connectivity index is 1.62. The van der Waals surface area contributed by atoms with Crippen LogP contribution >= 0.6 is 0 Å². The van der Waals surface area contributed by atoms with Crippen LogP contribution in [-0.2, 0) is 4.74 Å². The van der Waals surface area contributed by atoms with Gasteiger partial charge in [0.1, 0.15) is 0 Å². The topological polar surface area (TPSA) is 12.5 Å². The molecular weight excluding hydrogens is 184 g/mol. The van der Waals surface area contributed by atoms with Crippen LogP contribution in [0.2, 0.25) is 0 Å². The maximum atomic E-state index is 5.19. The Kier molecular flexibility index (Phi) is 7.99. The molecule has 1 saturated heterocycles. The van der Waals surface area contributed by atoms with E-state index in [9.17, 15) is 0 Å². The standard InChI is InChI=1S/C14H27O/c1-2-3-4-5-6-7-8-9-10-11-12-14-13-15-14/h14H,1-13H2. The summed E-state index contributed by atoms with van der Waals surface area (Å²) in [6, 6.07) is 0. The summed E-state index contributed by atoms with van der Waals surface area (Å²) < 4.78 is 5.19. The third-order valence-electron chi connectivity index (χ3n) is 3.18.